The van der Waals surface area contributed by atoms with E-state index in [0.29, 0.717) is 0 Å². The van der Waals surface area contributed by atoms with Crippen molar-refractivity contribution in [3.05, 3.63) is 0 Å². The molecular formula is C44H61NO29. The average Bonchev–Trinajstić information content (AvgIpc) is 3.26. The van der Waals surface area contributed by atoms with Gasteiger partial charge in [-0.2, -0.15) is 0 Å². The van der Waals surface area contributed by atoms with Crippen molar-refractivity contribution >= 4 is 71.6 Å². The molecule has 0 unspecified atom stereocenters. The van der Waals surface area contributed by atoms with Gasteiger partial charge < -0.3 is 86.2 Å². The number of esters is 11. The summed E-state index contributed by atoms with van der Waals surface area (Å²) in [6, 6.07) is -1.72. The second kappa shape index (κ2) is 27.6. The van der Waals surface area contributed by atoms with Crippen LogP contribution in [0.4, 0.5) is 0 Å². The Labute approximate surface area is 422 Å². The normalized spacial score (nSPS) is 30.2. The zero-order valence-corrected chi connectivity index (χ0v) is 42.4. The van der Waals surface area contributed by atoms with Crippen LogP contribution in [0.25, 0.3) is 0 Å². The number of methoxy groups -OCH3 is 1. The van der Waals surface area contributed by atoms with Crippen molar-refractivity contribution in [2.75, 3.05) is 26.9 Å². The summed E-state index contributed by atoms with van der Waals surface area (Å²) >= 11 is 0. The van der Waals surface area contributed by atoms with Gasteiger partial charge in [-0.25, -0.2) is 4.79 Å². The van der Waals surface area contributed by atoms with Crippen LogP contribution in [0.5, 0.6) is 0 Å². The number of nitrogens with one attached hydrogen (secondary N) is 1. The van der Waals surface area contributed by atoms with Crippen LogP contribution in [0.2, 0.25) is 0 Å². The molecular weight excluding hydrogens is 1010 g/mol. The molecule has 0 spiro atoms. The molecule has 30 heteroatoms. The van der Waals surface area contributed by atoms with E-state index in [0.717, 1.165) is 83.3 Å². The maximum atomic E-state index is 14.6. The van der Waals surface area contributed by atoms with E-state index in [4.69, 9.17) is 75.8 Å². The van der Waals surface area contributed by atoms with Crippen LogP contribution in [0.1, 0.15) is 82.6 Å². The summed E-state index contributed by atoms with van der Waals surface area (Å²) in [5.41, 5.74) is 0. The summed E-state index contributed by atoms with van der Waals surface area (Å²) in [4.78, 5) is 154. The van der Waals surface area contributed by atoms with Crippen molar-refractivity contribution < 1.29 is 138 Å². The maximum Gasteiger partial charge on any atom is 0.366 e. The van der Waals surface area contributed by atoms with E-state index in [1.54, 1.807) is 0 Å². The lowest BCUT2D eigenvalue weighted by Gasteiger charge is -2.52. The maximum absolute atomic E-state index is 14.6. The highest BCUT2D eigenvalue weighted by Crippen LogP contribution is 2.42. The van der Waals surface area contributed by atoms with Crippen molar-refractivity contribution in [3.8, 4) is 0 Å². The molecule has 3 saturated heterocycles. The lowest BCUT2D eigenvalue weighted by Crippen LogP contribution is -2.72. The number of amides is 1. The number of rotatable bonds is 21. The predicted molar refractivity (Wildman–Crippen MR) is 230 cm³/mol. The van der Waals surface area contributed by atoms with Gasteiger partial charge in [0.1, 0.15) is 56.4 Å². The fourth-order valence-corrected chi connectivity index (χ4v) is 8.04. The zero-order valence-electron chi connectivity index (χ0n) is 42.4. The summed E-state index contributed by atoms with van der Waals surface area (Å²) in [5, 5.41) is 13.5. The highest BCUT2D eigenvalue weighted by molar-refractivity contribution is 5.79. The molecule has 0 aromatic heterocycles. The van der Waals surface area contributed by atoms with Gasteiger partial charge in [-0.05, 0) is 0 Å². The molecule has 3 heterocycles. The molecule has 30 nitrogen and oxygen atoms in total. The molecule has 0 aliphatic carbocycles. The van der Waals surface area contributed by atoms with Crippen LogP contribution < -0.4 is 5.32 Å². The van der Waals surface area contributed by atoms with E-state index in [9.17, 15) is 62.6 Å². The van der Waals surface area contributed by atoms with Crippen LogP contribution >= 0.6 is 0 Å². The summed E-state index contributed by atoms with van der Waals surface area (Å²) in [6.45, 7) is 7.77. The van der Waals surface area contributed by atoms with Crippen molar-refractivity contribution in [2.45, 2.75) is 180 Å². The fraction of sp³-hybridized carbons (Fsp3) is 0.727. The van der Waals surface area contributed by atoms with Gasteiger partial charge in [-0.15, -0.1) is 0 Å². The van der Waals surface area contributed by atoms with E-state index in [1.807, 2.05) is 0 Å². The summed E-state index contributed by atoms with van der Waals surface area (Å²) in [5.74, 6) is -16.0. The molecule has 3 aliphatic heterocycles. The molecule has 74 heavy (non-hydrogen) atoms. The molecule has 0 radical (unpaired) electrons. The minimum Gasteiger partial charge on any atom is -0.465 e. The van der Waals surface area contributed by atoms with Crippen molar-refractivity contribution in [2.24, 2.45) is 0 Å². The first kappa shape index (κ1) is 61.7. The predicted octanol–water partition coefficient (Wildman–Crippen LogP) is -2.43. The molecule has 3 fully saturated rings. The van der Waals surface area contributed by atoms with Gasteiger partial charge in [0.2, 0.25) is 5.91 Å². The molecule has 416 valence electrons. The zero-order chi connectivity index (χ0) is 55.9. The molecule has 0 bridgehead atoms. The van der Waals surface area contributed by atoms with Crippen LogP contribution in [-0.4, -0.2) is 201 Å². The van der Waals surface area contributed by atoms with E-state index < -0.39 is 195 Å². The highest BCUT2D eigenvalue weighted by atomic mass is 16.8. The molecule has 0 saturated carbocycles. The number of carbonyl (C=O) groups excluding carboxylic acids is 12. The number of aliphatic hydroxyl groups excluding tert-OH is 1. The quantitative estimate of drug-likeness (QED) is 0.0686. The Morgan fingerprint density at radius 2 is 1.04 bits per heavy atom. The number of ether oxygens (including phenoxy) is 16. The van der Waals surface area contributed by atoms with Gasteiger partial charge in [0.25, 0.3) is 5.79 Å². The van der Waals surface area contributed by atoms with Crippen molar-refractivity contribution in [3.63, 3.8) is 0 Å². The van der Waals surface area contributed by atoms with Gasteiger partial charge in [0, 0.05) is 76.2 Å². The van der Waals surface area contributed by atoms with Crippen LogP contribution in [0.15, 0.2) is 0 Å². The second-order valence-electron chi connectivity index (χ2n) is 16.6. The lowest BCUT2D eigenvalue weighted by molar-refractivity contribution is -0.385. The van der Waals surface area contributed by atoms with E-state index >= 15 is 0 Å². The van der Waals surface area contributed by atoms with Gasteiger partial charge in [0.05, 0.1) is 19.6 Å². The monoisotopic (exact) mass is 1070 g/mol. The van der Waals surface area contributed by atoms with Gasteiger partial charge in [-0.1, -0.05) is 0 Å². The number of aliphatic hydroxyl groups is 1. The highest BCUT2D eigenvalue weighted by Gasteiger charge is 2.64. The largest absolute Gasteiger partial charge is 0.465 e. The Balaban J connectivity index is 2.51. The van der Waals surface area contributed by atoms with Gasteiger partial charge >= 0.3 is 65.7 Å². The Bertz CT molecular complexity index is 2100. The van der Waals surface area contributed by atoms with E-state index in [1.165, 1.54) is 0 Å². The number of hydrogen-bond donors (Lipinski definition) is 2. The van der Waals surface area contributed by atoms with Gasteiger partial charge in [0.15, 0.2) is 49.2 Å². The van der Waals surface area contributed by atoms with Crippen molar-refractivity contribution in [1.29, 1.82) is 0 Å². The van der Waals surface area contributed by atoms with Crippen LogP contribution in [0, 0.1) is 0 Å². The van der Waals surface area contributed by atoms with Crippen LogP contribution in [-0.2, 0) is 133 Å². The molecule has 3 rings (SSSR count). The first-order valence-electron chi connectivity index (χ1n) is 22.4. The third kappa shape index (κ3) is 17.8. The second-order valence-corrected chi connectivity index (χ2v) is 16.6. The third-order valence-electron chi connectivity index (χ3n) is 10.4. The minimum absolute atomic E-state index is 0.789. The van der Waals surface area contributed by atoms with Crippen molar-refractivity contribution in [1.82, 2.24) is 5.32 Å². The van der Waals surface area contributed by atoms with Gasteiger partial charge in [-0.3, -0.25) is 52.7 Å². The Kier molecular flexibility index (Phi) is 23.0. The SMILES string of the molecule is CO[13C](=O)[C@@]1(O[C@H]2[C@@H](OC(C)=O)[C@@H](COC(C)=O)O[C@@H](O[C@H]3[C@H](OC(C)=O)[C@@H](OC(C)=O)[C@H](O)O[C@@H]3COC(C)=O)[C@@H]2OC(C)=O)C[C@H](OC(C)=O)[C@@H](NC(C)=O)[C@H]([C@H](OC(C)=O)[C@@H](COC(C)=O)OC(C)=O)O1. The fourth-order valence-electron chi connectivity index (χ4n) is 8.04. The summed E-state index contributed by atoms with van der Waals surface area (Å²) in [7, 11) is 0.820. The third-order valence-corrected chi connectivity index (χ3v) is 10.4. The molecule has 0 aromatic rings. The molecule has 3 aliphatic rings. The summed E-state index contributed by atoms with van der Waals surface area (Å²) < 4.78 is 90.7. The van der Waals surface area contributed by atoms with E-state index in [2.05, 4.69) is 5.32 Å². The average molecular weight is 1070 g/mol. The first-order valence-corrected chi connectivity index (χ1v) is 22.4. The smallest absolute Gasteiger partial charge is 0.366 e. The number of carbonyl (C=O) groups is 12. The standard InChI is InChI=1S/C44H61NO29/c1-17(46)45-32-28(63-21(5)50)13-44(43(58)59-12,73-36(32)33(65-23(7)52)29(64-22(6)51)14-60-18(2)47)74-38-35(66-24(8)53)31(16-62-20(4)49)71-42(40(38)69-27(11)56)72-34-30(15-61-19(3)48)70-41(57)39(68-26(10)55)37(34)67-25(9)54/h28-42,57H,13-16H2,1-12H3,(H,45,46)/t28-,29+,30+,31+,32+,33+,34+,35-,36+,37-,38-,39+,40+,41+,42-,44-/m0/s1/i43+1. The topological polar surface area (TPSA) is 385 Å². The first-order chi connectivity index (χ1) is 34.5. The Morgan fingerprint density at radius 1 is 0.554 bits per heavy atom. The van der Waals surface area contributed by atoms with Crippen LogP contribution in [0.3, 0.4) is 0 Å². The molecule has 2 N–H and O–H groups in total. The Hall–Kier alpha value is -6.60. The summed E-state index contributed by atoms with van der Waals surface area (Å²) in [6.07, 6.45) is -29.0. The Morgan fingerprint density at radius 3 is 1.51 bits per heavy atom. The lowest BCUT2D eigenvalue weighted by atomic mass is 9.89. The minimum atomic E-state index is -3.15. The molecule has 16 atom stereocenters. The number of hydrogen-bond acceptors (Lipinski definition) is 29. The van der Waals surface area contributed by atoms with E-state index in [-0.39, 0.29) is 0 Å². The molecule has 1 amide bonds. The molecule has 0 aromatic carbocycles.